The van der Waals surface area contributed by atoms with Gasteiger partial charge >= 0.3 is 6.36 Å². The first-order valence-corrected chi connectivity index (χ1v) is 9.02. The molecule has 2 aromatic heterocycles. The number of hydrogen-bond acceptors (Lipinski definition) is 7. The van der Waals surface area contributed by atoms with Crippen molar-refractivity contribution in [2.75, 3.05) is 6.61 Å². The number of oxazole rings is 1. The van der Waals surface area contributed by atoms with Crippen molar-refractivity contribution in [3.8, 4) is 11.5 Å². The number of carbonyl (C=O) groups excluding carboxylic acids is 1. The van der Waals surface area contributed by atoms with Crippen LogP contribution < -0.4 is 14.8 Å². The van der Waals surface area contributed by atoms with E-state index in [-0.39, 0.29) is 24.5 Å². The Balaban J connectivity index is 0.000000913. The van der Waals surface area contributed by atoms with Gasteiger partial charge < -0.3 is 24.3 Å². The zero-order chi connectivity index (χ0) is 23.2. The van der Waals surface area contributed by atoms with Gasteiger partial charge in [0, 0.05) is 12.6 Å². The third-order valence-electron chi connectivity index (χ3n) is 4.48. The molecule has 3 aromatic rings. The number of hydrogen-bond donors (Lipinski definition) is 2. The molecule has 1 amide bonds. The summed E-state index contributed by atoms with van der Waals surface area (Å²) in [5.74, 6) is -0.421. The van der Waals surface area contributed by atoms with Gasteiger partial charge in [-0.25, -0.2) is 4.98 Å². The summed E-state index contributed by atoms with van der Waals surface area (Å²) in [6.07, 6.45) is -0.623. The van der Waals surface area contributed by atoms with Crippen molar-refractivity contribution in [2.24, 2.45) is 0 Å². The highest BCUT2D eigenvalue weighted by Gasteiger charge is 2.43. The summed E-state index contributed by atoms with van der Waals surface area (Å²) in [5, 5.41) is 9.80. The molecule has 0 saturated heterocycles. The van der Waals surface area contributed by atoms with Crippen LogP contribution in [-0.4, -0.2) is 40.4 Å². The van der Waals surface area contributed by atoms with E-state index in [1.807, 2.05) is 0 Å². The van der Waals surface area contributed by atoms with Crippen molar-refractivity contribution in [1.82, 2.24) is 15.3 Å². The van der Waals surface area contributed by atoms with E-state index in [2.05, 4.69) is 20.0 Å². The number of nitrogens with zero attached hydrogens (tertiary/aromatic N) is 2. The maximum atomic E-state index is 12.7. The molecule has 0 spiro atoms. The predicted octanol–water partition coefficient (Wildman–Crippen LogP) is 3.13. The van der Waals surface area contributed by atoms with Crippen LogP contribution in [0.25, 0.3) is 0 Å². The van der Waals surface area contributed by atoms with Crippen LogP contribution >= 0.6 is 0 Å². The number of alkyl halides is 3. The lowest BCUT2D eigenvalue weighted by Crippen LogP contribution is -2.50. The quantitative estimate of drug-likeness (QED) is 0.580. The molecule has 0 fully saturated rings. The third-order valence-corrected chi connectivity index (χ3v) is 4.48. The summed E-state index contributed by atoms with van der Waals surface area (Å²) in [6.45, 7) is 0.0125. The lowest BCUT2D eigenvalue weighted by molar-refractivity contribution is -0.274. The highest BCUT2D eigenvalue weighted by atomic mass is 19.4. The van der Waals surface area contributed by atoms with Gasteiger partial charge in [0.1, 0.15) is 29.0 Å². The summed E-state index contributed by atoms with van der Waals surface area (Å²) in [5.41, 5.74) is -0.119. The minimum absolute atomic E-state index is 0.0605. The van der Waals surface area contributed by atoms with Gasteiger partial charge in [0.15, 0.2) is 12.1 Å². The molecular formula is C20H16F3N3O6. The molecule has 1 aliphatic rings. The van der Waals surface area contributed by atoms with E-state index in [1.54, 1.807) is 18.3 Å². The van der Waals surface area contributed by atoms with Crippen molar-refractivity contribution in [1.29, 1.82) is 0 Å². The maximum Gasteiger partial charge on any atom is 0.573 e. The maximum absolute atomic E-state index is 12.7. The number of fused-ring (bicyclic) bond motifs is 1. The van der Waals surface area contributed by atoms with Crippen molar-refractivity contribution in [3.05, 3.63) is 72.2 Å². The summed E-state index contributed by atoms with van der Waals surface area (Å²) in [6, 6.07) is 8.67. The average Bonchev–Trinajstić information content (AvgIpc) is 3.29. The minimum atomic E-state index is -4.80. The van der Waals surface area contributed by atoms with Crippen molar-refractivity contribution in [3.63, 3.8) is 0 Å². The first-order valence-electron chi connectivity index (χ1n) is 9.02. The topological polar surface area (TPSA) is 124 Å². The molecule has 0 radical (unpaired) electrons. The van der Waals surface area contributed by atoms with Gasteiger partial charge in [-0.1, -0.05) is 12.1 Å². The van der Waals surface area contributed by atoms with Crippen LogP contribution in [0, 0.1) is 0 Å². The second kappa shape index (κ2) is 9.37. The predicted molar refractivity (Wildman–Crippen MR) is 101 cm³/mol. The van der Waals surface area contributed by atoms with Gasteiger partial charge in [-0.05, 0) is 29.8 Å². The molecular weight excluding hydrogens is 435 g/mol. The number of amides is 1. The van der Waals surface area contributed by atoms with Crippen molar-refractivity contribution < 1.29 is 41.8 Å². The molecule has 2 N–H and O–H groups in total. The Morgan fingerprint density at radius 1 is 1.22 bits per heavy atom. The summed E-state index contributed by atoms with van der Waals surface area (Å²) >= 11 is 0. The largest absolute Gasteiger partial charge is 0.573 e. The Morgan fingerprint density at radius 3 is 2.56 bits per heavy atom. The summed E-state index contributed by atoms with van der Waals surface area (Å²) in [7, 11) is 0. The van der Waals surface area contributed by atoms with Crippen LogP contribution in [0.1, 0.15) is 28.2 Å². The van der Waals surface area contributed by atoms with Crippen LogP contribution in [-0.2, 0) is 10.3 Å². The van der Waals surface area contributed by atoms with Crippen LogP contribution in [0.2, 0.25) is 0 Å². The van der Waals surface area contributed by atoms with Gasteiger partial charge in [-0.2, -0.15) is 0 Å². The van der Waals surface area contributed by atoms with Crippen LogP contribution in [0.5, 0.6) is 11.5 Å². The van der Waals surface area contributed by atoms with Gasteiger partial charge in [-0.3, -0.25) is 14.6 Å². The fraction of sp³-hybridized carbons (Fsp3) is 0.200. The molecule has 12 heteroatoms. The van der Waals surface area contributed by atoms with E-state index in [0.29, 0.717) is 23.4 Å². The van der Waals surface area contributed by atoms with E-state index >= 15 is 0 Å². The monoisotopic (exact) mass is 451 g/mol. The number of aromatic nitrogens is 2. The van der Waals surface area contributed by atoms with E-state index in [4.69, 9.17) is 19.1 Å². The molecule has 0 aliphatic carbocycles. The fourth-order valence-electron chi connectivity index (χ4n) is 3.26. The lowest BCUT2D eigenvalue weighted by atomic mass is 9.81. The van der Waals surface area contributed by atoms with Gasteiger partial charge in [-0.15, -0.1) is 13.2 Å². The third kappa shape index (κ3) is 4.96. The van der Waals surface area contributed by atoms with Gasteiger partial charge in [0.05, 0.1) is 6.61 Å². The zero-order valence-corrected chi connectivity index (χ0v) is 16.2. The standard InChI is InChI=1S/C19H14F3N3O4.CH2O2/c20-19(21,22)29-13-5-3-12(4-6-13)18(25-17(26)14-10-27-11-24-14)7-9-28-15-2-1-8-23-16(15)18;2-1-3/h1-6,8,10-11H,7,9H2,(H,25,26);1H,(H,2,3). The highest BCUT2D eigenvalue weighted by Crippen LogP contribution is 2.41. The van der Waals surface area contributed by atoms with E-state index < -0.39 is 17.8 Å². The second-order valence-corrected chi connectivity index (χ2v) is 6.36. The molecule has 1 atom stereocenters. The SMILES string of the molecule is O=C(NC1(c2ccc(OC(F)(F)F)cc2)CCOc2cccnc21)c1cocn1.O=CO. The number of nitrogens with one attached hydrogen (secondary N) is 1. The molecule has 168 valence electrons. The van der Waals surface area contributed by atoms with E-state index in [1.165, 1.54) is 30.5 Å². The van der Waals surface area contributed by atoms with Gasteiger partial charge in [0.25, 0.3) is 12.4 Å². The Morgan fingerprint density at radius 2 is 1.94 bits per heavy atom. The molecule has 3 heterocycles. The smallest absolute Gasteiger partial charge is 0.491 e. The molecule has 32 heavy (non-hydrogen) atoms. The number of carboxylic acid groups (broad SMARTS) is 1. The molecule has 0 saturated carbocycles. The molecule has 4 rings (SSSR count). The van der Waals surface area contributed by atoms with Crippen molar-refractivity contribution >= 4 is 12.4 Å². The first-order chi connectivity index (χ1) is 15.3. The molecule has 9 nitrogen and oxygen atoms in total. The molecule has 1 aromatic carbocycles. The van der Waals surface area contributed by atoms with Gasteiger partial charge in [0.2, 0.25) is 0 Å². The Hall–Kier alpha value is -4.09. The summed E-state index contributed by atoms with van der Waals surface area (Å²) in [4.78, 5) is 29.3. The highest BCUT2D eigenvalue weighted by molar-refractivity contribution is 5.93. The van der Waals surface area contributed by atoms with E-state index in [9.17, 15) is 18.0 Å². The van der Waals surface area contributed by atoms with Crippen LogP contribution in [0.4, 0.5) is 13.2 Å². The Kier molecular flexibility index (Phi) is 6.61. The summed E-state index contributed by atoms with van der Waals surface area (Å²) < 4.78 is 51.9. The Bertz CT molecular complexity index is 1060. The second-order valence-electron chi connectivity index (χ2n) is 6.36. The minimum Gasteiger partial charge on any atom is -0.491 e. The number of carbonyl (C=O) groups is 2. The average molecular weight is 451 g/mol. The number of pyridine rings is 1. The van der Waals surface area contributed by atoms with Crippen LogP contribution in [0.15, 0.2) is 59.7 Å². The molecule has 0 bridgehead atoms. The fourth-order valence-corrected chi connectivity index (χ4v) is 3.26. The molecule has 1 aliphatic heterocycles. The van der Waals surface area contributed by atoms with E-state index in [0.717, 1.165) is 6.39 Å². The number of benzene rings is 1. The van der Waals surface area contributed by atoms with Crippen LogP contribution in [0.3, 0.4) is 0 Å². The number of ether oxygens (including phenoxy) is 2. The van der Waals surface area contributed by atoms with Crippen molar-refractivity contribution in [2.45, 2.75) is 18.3 Å². The molecule has 1 unspecified atom stereocenters. The first kappa shape index (κ1) is 22.6. The number of rotatable bonds is 4. The Labute approximate surface area is 178 Å². The number of halogens is 3. The normalized spacial score (nSPS) is 17.1. The lowest BCUT2D eigenvalue weighted by Gasteiger charge is -2.38. The zero-order valence-electron chi connectivity index (χ0n) is 16.2.